The Morgan fingerprint density at radius 1 is 1.08 bits per heavy atom. The molecule has 1 heterocycles. The molecule has 1 N–H and O–H groups in total. The van der Waals surface area contributed by atoms with E-state index in [0.29, 0.717) is 44.5 Å². The van der Waals surface area contributed by atoms with Crippen molar-refractivity contribution in [3.8, 4) is 5.75 Å². The molecule has 3 rings (SSSR count). The molecule has 0 saturated carbocycles. The number of amides is 2. The minimum atomic E-state index is -0.716. The molecule has 1 atom stereocenters. The van der Waals surface area contributed by atoms with Crippen molar-refractivity contribution in [2.75, 3.05) is 20.2 Å². The van der Waals surface area contributed by atoms with E-state index in [1.807, 2.05) is 75.4 Å². The summed E-state index contributed by atoms with van der Waals surface area (Å²) in [5.74, 6) is 1.37. The summed E-state index contributed by atoms with van der Waals surface area (Å²) in [6.07, 6.45) is 2.44. The number of thioether (sulfide) groups is 1. The third-order valence-corrected chi connectivity index (χ3v) is 8.02. The Hall–Kier alpha value is -3.00. The molecular weight excluding hydrogens is 488 g/mol. The van der Waals surface area contributed by atoms with Crippen LogP contribution in [0.2, 0.25) is 0 Å². The molecule has 7 nitrogen and oxygen atoms in total. The van der Waals surface area contributed by atoms with E-state index in [9.17, 15) is 14.4 Å². The lowest BCUT2D eigenvalue weighted by Gasteiger charge is -2.41. The molecule has 2 aromatic rings. The van der Waals surface area contributed by atoms with Crippen molar-refractivity contribution in [3.05, 3.63) is 65.7 Å². The Morgan fingerprint density at radius 2 is 1.73 bits per heavy atom. The highest BCUT2D eigenvalue weighted by Crippen LogP contribution is 2.40. The Labute approximate surface area is 224 Å². The van der Waals surface area contributed by atoms with E-state index in [2.05, 4.69) is 5.32 Å². The standard InChI is InChI=1S/C29H38N2O5S/c1-28(2,3)36-27(34)31-18-16-29(17-19-31,37-21-22-12-14-24(35-4)15-13-22)26(33)30-25(11-8-20-32)23-9-6-5-7-10-23/h5-7,9-10,12-15,20,25H,8,11,16-19,21H2,1-4H3,(H,30,33)/t25-/m1/s1. The van der Waals surface area contributed by atoms with Crippen molar-refractivity contribution in [2.24, 2.45) is 0 Å². The number of methoxy groups -OCH3 is 1. The fourth-order valence-electron chi connectivity index (χ4n) is 4.29. The molecule has 37 heavy (non-hydrogen) atoms. The molecule has 0 radical (unpaired) electrons. The summed E-state index contributed by atoms with van der Waals surface area (Å²) >= 11 is 1.61. The largest absolute Gasteiger partial charge is 0.497 e. The summed E-state index contributed by atoms with van der Waals surface area (Å²) in [6.45, 7) is 6.41. The fourth-order valence-corrected chi connectivity index (χ4v) is 5.59. The average Bonchev–Trinajstić information content (AvgIpc) is 2.89. The third-order valence-electron chi connectivity index (χ3n) is 6.39. The van der Waals surface area contributed by atoms with Crippen molar-refractivity contribution >= 4 is 30.0 Å². The van der Waals surface area contributed by atoms with E-state index >= 15 is 0 Å². The lowest BCUT2D eigenvalue weighted by atomic mass is 9.93. The molecule has 2 amide bonds. The number of piperidine rings is 1. The van der Waals surface area contributed by atoms with Gasteiger partial charge in [0.2, 0.25) is 5.91 Å². The van der Waals surface area contributed by atoms with Crippen LogP contribution in [-0.4, -0.2) is 53.7 Å². The zero-order valence-electron chi connectivity index (χ0n) is 22.2. The maximum atomic E-state index is 13.9. The van der Waals surface area contributed by atoms with Crippen molar-refractivity contribution in [3.63, 3.8) is 0 Å². The van der Waals surface area contributed by atoms with Crippen LogP contribution in [0.3, 0.4) is 0 Å². The molecule has 200 valence electrons. The molecule has 8 heteroatoms. The number of carbonyl (C=O) groups is 3. The number of rotatable bonds is 10. The highest BCUT2D eigenvalue weighted by molar-refractivity contribution is 8.00. The van der Waals surface area contributed by atoms with Crippen LogP contribution in [0.1, 0.15) is 63.6 Å². The monoisotopic (exact) mass is 526 g/mol. The van der Waals surface area contributed by atoms with E-state index < -0.39 is 10.3 Å². The first-order valence-electron chi connectivity index (χ1n) is 12.7. The fraction of sp³-hybridized carbons (Fsp3) is 0.483. The van der Waals surface area contributed by atoms with Crippen LogP contribution in [-0.2, 0) is 20.1 Å². The zero-order valence-corrected chi connectivity index (χ0v) is 23.0. The summed E-state index contributed by atoms with van der Waals surface area (Å²) in [5, 5.41) is 3.24. The van der Waals surface area contributed by atoms with Crippen LogP contribution in [0.5, 0.6) is 5.75 Å². The number of carbonyl (C=O) groups excluding carboxylic acids is 3. The van der Waals surface area contributed by atoms with Crippen LogP contribution in [0.4, 0.5) is 4.79 Å². The minimum absolute atomic E-state index is 0.0606. The third kappa shape index (κ3) is 8.25. The van der Waals surface area contributed by atoms with Gasteiger partial charge >= 0.3 is 6.09 Å². The van der Waals surface area contributed by atoms with E-state index in [1.54, 1.807) is 23.8 Å². The van der Waals surface area contributed by atoms with Gasteiger partial charge in [0, 0.05) is 25.3 Å². The number of likely N-dealkylation sites (tertiary alicyclic amines) is 1. The summed E-state index contributed by atoms with van der Waals surface area (Å²) < 4.78 is 10.1. The first kappa shape index (κ1) is 28.6. The summed E-state index contributed by atoms with van der Waals surface area (Å²) in [6, 6.07) is 17.3. The second-order valence-corrected chi connectivity index (χ2v) is 11.6. The van der Waals surface area contributed by atoms with Gasteiger partial charge < -0.3 is 24.5 Å². The average molecular weight is 527 g/mol. The number of hydrogen-bond acceptors (Lipinski definition) is 6. The predicted octanol–water partition coefficient (Wildman–Crippen LogP) is 5.53. The van der Waals surface area contributed by atoms with Gasteiger partial charge in [-0.2, -0.15) is 0 Å². The van der Waals surface area contributed by atoms with Gasteiger partial charge in [-0.1, -0.05) is 42.5 Å². The Kier molecular flexibility index (Phi) is 10.0. The van der Waals surface area contributed by atoms with Gasteiger partial charge in [0.05, 0.1) is 17.9 Å². The van der Waals surface area contributed by atoms with Gasteiger partial charge in [-0.05, 0) is 63.3 Å². The molecule has 0 aliphatic carbocycles. The van der Waals surface area contributed by atoms with Gasteiger partial charge in [0.25, 0.3) is 0 Å². The second kappa shape index (κ2) is 13.0. The van der Waals surface area contributed by atoms with Crippen LogP contribution >= 0.6 is 11.8 Å². The topological polar surface area (TPSA) is 84.9 Å². The molecule has 0 spiro atoms. The van der Waals surface area contributed by atoms with Crippen LogP contribution in [0, 0.1) is 0 Å². The molecule has 0 bridgehead atoms. The Bertz CT molecular complexity index is 1030. The van der Waals surface area contributed by atoms with Crippen molar-refractivity contribution in [1.29, 1.82) is 0 Å². The normalized spacial score (nSPS) is 15.9. The van der Waals surface area contributed by atoms with E-state index in [-0.39, 0.29) is 18.0 Å². The molecule has 1 saturated heterocycles. The molecule has 1 aliphatic rings. The van der Waals surface area contributed by atoms with Crippen molar-refractivity contribution in [2.45, 2.75) is 68.6 Å². The van der Waals surface area contributed by atoms with E-state index in [4.69, 9.17) is 9.47 Å². The Balaban J connectivity index is 1.78. The van der Waals surface area contributed by atoms with Gasteiger partial charge in [-0.25, -0.2) is 4.79 Å². The number of nitrogens with one attached hydrogen (secondary N) is 1. The first-order chi connectivity index (χ1) is 17.7. The van der Waals surface area contributed by atoms with Gasteiger partial charge in [-0.15, -0.1) is 11.8 Å². The van der Waals surface area contributed by atoms with Crippen molar-refractivity contribution < 1.29 is 23.9 Å². The molecule has 0 aromatic heterocycles. The SMILES string of the molecule is COc1ccc(CSC2(C(=O)N[C@H](CCC=O)c3ccccc3)CCN(C(=O)OC(C)(C)C)CC2)cc1. The van der Waals surface area contributed by atoms with Crippen LogP contribution in [0.25, 0.3) is 0 Å². The molecule has 0 unspecified atom stereocenters. The number of nitrogens with zero attached hydrogens (tertiary/aromatic N) is 1. The smallest absolute Gasteiger partial charge is 0.410 e. The Morgan fingerprint density at radius 3 is 2.30 bits per heavy atom. The quantitative estimate of drug-likeness (QED) is 0.410. The maximum Gasteiger partial charge on any atom is 0.410 e. The van der Waals surface area contributed by atoms with Gasteiger partial charge in [-0.3, -0.25) is 4.79 Å². The molecule has 1 fully saturated rings. The maximum absolute atomic E-state index is 13.9. The molecule has 1 aliphatic heterocycles. The lowest BCUT2D eigenvalue weighted by molar-refractivity contribution is -0.125. The second-order valence-electron chi connectivity index (χ2n) is 10.3. The highest BCUT2D eigenvalue weighted by Gasteiger charge is 2.44. The van der Waals surface area contributed by atoms with Gasteiger partial charge in [0.15, 0.2) is 0 Å². The minimum Gasteiger partial charge on any atom is -0.497 e. The summed E-state index contributed by atoms with van der Waals surface area (Å²) in [7, 11) is 1.63. The molecule has 2 aromatic carbocycles. The van der Waals surface area contributed by atoms with Gasteiger partial charge in [0.1, 0.15) is 17.6 Å². The first-order valence-corrected chi connectivity index (χ1v) is 13.7. The summed E-state index contributed by atoms with van der Waals surface area (Å²) in [5.41, 5.74) is 1.49. The number of ether oxygens (including phenoxy) is 2. The number of aldehydes is 1. The number of hydrogen-bond donors (Lipinski definition) is 1. The lowest BCUT2D eigenvalue weighted by Crippen LogP contribution is -2.54. The van der Waals surface area contributed by atoms with E-state index in [1.165, 1.54) is 0 Å². The van der Waals surface area contributed by atoms with Crippen molar-refractivity contribution in [1.82, 2.24) is 10.2 Å². The zero-order chi connectivity index (χ0) is 26.9. The highest BCUT2D eigenvalue weighted by atomic mass is 32.2. The number of benzene rings is 2. The van der Waals surface area contributed by atoms with Crippen LogP contribution in [0.15, 0.2) is 54.6 Å². The van der Waals surface area contributed by atoms with E-state index in [0.717, 1.165) is 23.2 Å². The predicted molar refractivity (Wildman–Crippen MR) is 147 cm³/mol. The summed E-state index contributed by atoms with van der Waals surface area (Å²) in [4.78, 5) is 39.4. The van der Waals surface area contributed by atoms with Crippen LogP contribution < -0.4 is 10.1 Å². The molecular formula is C29H38N2O5S.